The van der Waals surface area contributed by atoms with Crippen LogP contribution in [-0.4, -0.2) is 12.4 Å². The summed E-state index contributed by atoms with van der Waals surface area (Å²) in [7, 11) is 0. The van der Waals surface area contributed by atoms with Crippen molar-refractivity contribution < 1.29 is 9.53 Å². The summed E-state index contributed by atoms with van der Waals surface area (Å²) in [5.74, 6) is 0.701. The van der Waals surface area contributed by atoms with Gasteiger partial charge in [-0.3, -0.25) is 4.79 Å². The molecule has 0 aliphatic rings. The van der Waals surface area contributed by atoms with Crippen molar-refractivity contribution >= 4 is 5.78 Å². The molecule has 0 saturated heterocycles. The zero-order valence-corrected chi connectivity index (χ0v) is 7.57. The van der Waals surface area contributed by atoms with Crippen LogP contribution in [0.15, 0.2) is 42.5 Å². The average Bonchev–Trinajstić information content (AvgIpc) is 2.17. The van der Waals surface area contributed by atoms with Crippen LogP contribution >= 0.6 is 0 Å². The van der Waals surface area contributed by atoms with Crippen molar-refractivity contribution in [2.75, 3.05) is 6.61 Å². The molecule has 0 aromatic heterocycles. The van der Waals surface area contributed by atoms with Gasteiger partial charge in [0.05, 0.1) is 0 Å². The molecule has 1 rings (SSSR count). The van der Waals surface area contributed by atoms with Crippen LogP contribution in [0, 0.1) is 0 Å². The monoisotopic (exact) mass is 176 g/mol. The molecule has 68 valence electrons. The van der Waals surface area contributed by atoms with E-state index in [4.69, 9.17) is 4.74 Å². The zero-order valence-electron chi connectivity index (χ0n) is 7.57. The molecule has 2 nitrogen and oxygen atoms in total. The van der Waals surface area contributed by atoms with Gasteiger partial charge in [0.2, 0.25) is 0 Å². The summed E-state index contributed by atoms with van der Waals surface area (Å²) < 4.78 is 5.22. The molecule has 0 aliphatic carbocycles. The smallest absolute Gasteiger partial charge is 0.192 e. The highest BCUT2D eigenvalue weighted by Crippen LogP contribution is 2.07. The molecule has 2 heteroatoms. The molecule has 0 aliphatic heterocycles. The Balaban J connectivity index is 2.40. The number of ketones is 1. The largest absolute Gasteiger partial charge is 0.485 e. The molecule has 0 radical (unpaired) electrons. The van der Waals surface area contributed by atoms with Gasteiger partial charge in [-0.05, 0) is 25.1 Å². The first-order valence-electron chi connectivity index (χ1n) is 4.16. The number of para-hydroxylation sites is 1. The second-order valence-corrected chi connectivity index (χ2v) is 2.57. The fourth-order valence-corrected chi connectivity index (χ4v) is 0.905. The zero-order chi connectivity index (χ0) is 9.52. The maximum absolute atomic E-state index is 11.0. The first-order valence-corrected chi connectivity index (χ1v) is 4.16. The van der Waals surface area contributed by atoms with Gasteiger partial charge in [-0.2, -0.15) is 0 Å². The second-order valence-electron chi connectivity index (χ2n) is 2.57. The van der Waals surface area contributed by atoms with Gasteiger partial charge in [-0.15, -0.1) is 0 Å². The highest BCUT2D eigenvalue weighted by molar-refractivity contribution is 5.90. The van der Waals surface area contributed by atoms with Crippen molar-refractivity contribution in [1.82, 2.24) is 0 Å². The maximum Gasteiger partial charge on any atom is 0.192 e. The Kier molecular flexibility index (Phi) is 3.76. The van der Waals surface area contributed by atoms with E-state index < -0.39 is 0 Å². The third kappa shape index (κ3) is 3.56. The summed E-state index contributed by atoms with van der Waals surface area (Å²) >= 11 is 0. The molecule has 0 saturated carbocycles. The van der Waals surface area contributed by atoms with E-state index in [1.54, 1.807) is 13.0 Å². The molecule has 0 bridgehead atoms. The first kappa shape index (κ1) is 9.52. The third-order valence-corrected chi connectivity index (χ3v) is 1.48. The van der Waals surface area contributed by atoms with Gasteiger partial charge >= 0.3 is 0 Å². The molecular formula is C11H12O2. The molecule has 13 heavy (non-hydrogen) atoms. The number of allylic oxidation sites excluding steroid dienone is 1. The van der Waals surface area contributed by atoms with Gasteiger partial charge in [0.1, 0.15) is 5.75 Å². The SMILES string of the molecule is C/C=C/C(=O)COc1ccccc1. The Morgan fingerprint density at radius 1 is 1.38 bits per heavy atom. The minimum atomic E-state index is -0.0219. The van der Waals surface area contributed by atoms with E-state index in [2.05, 4.69) is 0 Å². The summed E-state index contributed by atoms with van der Waals surface area (Å²) in [5, 5.41) is 0. The van der Waals surface area contributed by atoms with Crippen molar-refractivity contribution in [2.24, 2.45) is 0 Å². The summed E-state index contributed by atoms with van der Waals surface area (Å²) in [6.45, 7) is 1.91. The number of hydrogen-bond acceptors (Lipinski definition) is 2. The summed E-state index contributed by atoms with van der Waals surface area (Å²) in [6, 6.07) is 9.29. The van der Waals surface area contributed by atoms with Crippen molar-refractivity contribution in [3.05, 3.63) is 42.5 Å². The van der Waals surface area contributed by atoms with E-state index in [1.165, 1.54) is 6.08 Å². The Hall–Kier alpha value is -1.57. The molecule has 0 unspecified atom stereocenters. The molecule has 0 N–H and O–H groups in total. The van der Waals surface area contributed by atoms with E-state index in [9.17, 15) is 4.79 Å². The second kappa shape index (κ2) is 5.14. The lowest BCUT2D eigenvalue weighted by molar-refractivity contribution is -0.116. The molecule has 0 amide bonds. The van der Waals surface area contributed by atoms with Gasteiger partial charge < -0.3 is 4.74 Å². The Labute approximate surface area is 77.8 Å². The molecule has 1 aromatic carbocycles. The maximum atomic E-state index is 11.0. The van der Waals surface area contributed by atoms with Crippen LogP contribution < -0.4 is 4.74 Å². The normalized spacial score (nSPS) is 10.2. The van der Waals surface area contributed by atoms with E-state index in [0.717, 1.165) is 5.75 Å². The third-order valence-electron chi connectivity index (χ3n) is 1.48. The summed E-state index contributed by atoms with van der Waals surface area (Å²) in [5.41, 5.74) is 0. The first-order chi connectivity index (χ1) is 6.33. The van der Waals surface area contributed by atoms with Crippen LogP contribution in [0.25, 0.3) is 0 Å². The summed E-state index contributed by atoms with van der Waals surface area (Å²) in [4.78, 5) is 11.0. The number of carbonyl (C=O) groups excluding carboxylic acids is 1. The predicted molar refractivity (Wildman–Crippen MR) is 51.8 cm³/mol. The topological polar surface area (TPSA) is 26.3 Å². The Morgan fingerprint density at radius 3 is 2.69 bits per heavy atom. The number of carbonyl (C=O) groups is 1. The van der Waals surface area contributed by atoms with Crippen LogP contribution in [0.5, 0.6) is 5.75 Å². The average molecular weight is 176 g/mol. The number of hydrogen-bond donors (Lipinski definition) is 0. The molecule has 0 spiro atoms. The fraction of sp³-hybridized carbons (Fsp3) is 0.182. The van der Waals surface area contributed by atoms with Gasteiger partial charge in [-0.1, -0.05) is 24.3 Å². The van der Waals surface area contributed by atoms with E-state index >= 15 is 0 Å². The Bertz CT molecular complexity index is 288. The summed E-state index contributed by atoms with van der Waals surface area (Å²) in [6.07, 6.45) is 3.21. The number of ether oxygens (including phenoxy) is 1. The molecular weight excluding hydrogens is 164 g/mol. The predicted octanol–water partition coefficient (Wildman–Crippen LogP) is 2.21. The lowest BCUT2D eigenvalue weighted by Gasteiger charge is -2.01. The number of benzene rings is 1. The van der Waals surface area contributed by atoms with Crippen LogP contribution in [0.3, 0.4) is 0 Å². The quantitative estimate of drug-likeness (QED) is 0.657. The van der Waals surface area contributed by atoms with E-state index in [0.29, 0.717) is 0 Å². The van der Waals surface area contributed by atoms with Crippen molar-refractivity contribution in [3.63, 3.8) is 0 Å². The fourth-order valence-electron chi connectivity index (χ4n) is 0.905. The molecule has 0 fully saturated rings. The highest BCUT2D eigenvalue weighted by atomic mass is 16.5. The van der Waals surface area contributed by atoms with Gasteiger partial charge in [0, 0.05) is 0 Å². The van der Waals surface area contributed by atoms with Crippen LogP contribution in [0.4, 0.5) is 0 Å². The van der Waals surface area contributed by atoms with Gasteiger partial charge in [0.15, 0.2) is 12.4 Å². The van der Waals surface area contributed by atoms with Crippen molar-refractivity contribution in [1.29, 1.82) is 0 Å². The minimum absolute atomic E-state index is 0.0219. The lowest BCUT2D eigenvalue weighted by Crippen LogP contribution is -2.07. The van der Waals surface area contributed by atoms with Crippen LogP contribution in [-0.2, 0) is 4.79 Å². The van der Waals surface area contributed by atoms with Crippen molar-refractivity contribution in [3.8, 4) is 5.75 Å². The van der Waals surface area contributed by atoms with E-state index in [-0.39, 0.29) is 12.4 Å². The van der Waals surface area contributed by atoms with Crippen LogP contribution in [0.2, 0.25) is 0 Å². The molecule has 0 atom stereocenters. The standard InChI is InChI=1S/C11H12O2/c1-2-6-10(12)9-13-11-7-4-3-5-8-11/h2-8H,9H2,1H3/b6-2+. The number of rotatable bonds is 4. The molecule has 0 heterocycles. The minimum Gasteiger partial charge on any atom is -0.485 e. The highest BCUT2D eigenvalue weighted by Gasteiger charge is 1.96. The van der Waals surface area contributed by atoms with Crippen molar-refractivity contribution in [2.45, 2.75) is 6.92 Å². The molecule has 1 aromatic rings. The van der Waals surface area contributed by atoms with E-state index in [1.807, 2.05) is 30.3 Å². The van der Waals surface area contributed by atoms with Crippen LogP contribution in [0.1, 0.15) is 6.92 Å². The Morgan fingerprint density at radius 2 is 2.08 bits per heavy atom. The lowest BCUT2D eigenvalue weighted by atomic mass is 10.3. The van der Waals surface area contributed by atoms with Gasteiger partial charge in [-0.25, -0.2) is 0 Å². The van der Waals surface area contributed by atoms with Gasteiger partial charge in [0.25, 0.3) is 0 Å².